The van der Waals surface area contributed by atoms with Crippen LogP contribution in [-0.4, -0.2) is 0 Å². The molecule has 0 heterocycles. The number of hydrogen-bond acceptors (Lipinski definition) is 1. The van der Waals surface area contributed by atoms with Crippen LogP contribution in [0.2, 0.25) is 0 Å². The molecule has 10 rings (SSSR count). The van der Waals surface area contributed by atoms with Crippen LogP contribution in [0.4, 0.5) is 11.4 Å². The van der Waals surface area contributed by atoms with E-state index in [1.807, 2.05) is 0 Å². The van der Waals surface area contributed by atoms with E-state index in [2.05, 4.69) is 212 Å². The maximum absolute atomic E-state index is 3.74. The highest BCUT2D eigenvalue weighted by Gasteiger charge is 2.46. The Hall–Kier alpha value is -6.70. The van der Waals surface area contributed by atoms with Gasteiger partial charge in [-0.05, 0) is 120 Å². The molecule has 0 saturated carbocycles. The summed E-state index contributed by atoms with van der Waals surface area (Å²) in [7, 11) is 0. The Kier molecular flexibility index (Phi) is 7.11. The smallest absolute Gasteiger partial charge is 0.0714 e. The Morgan fingerprint density at radius 2 is 0.750 bits per heavy atom. The number of fused-ring (bicyclic) bond motifs is 5. The van der Waals surface area contributed by atoms with Crippen molar-refractivity contribution in [1.82, 2.24) is 0 Å². The Morgan fingerprint density at radius 1 is 0.288 bits per heavy atom. The lowest BCUT2D eigenvalue weighted by Crippen LogP contribution is -2.28. The van der Waals surface area contributed by atoms with Gasteiger partial charge in [-0.1, -0.05) is 164 Å². The van der Waals surface area contributed by atoms with Crippen molar-refractivity contribution < 1.29 is 0 Å². The first kappa shape index (κ1) is 30.2. The molecule has 1 aliphatic rings. The molecule has 9 aromatic carbocycles. The molecule has 0 aromatic heterocycles. The van der Waals surface area contributed by atoms with Gasteiger partial charge in [-0.2, -0.15) is 0 Å². The van der Waals surface area contributed by atoms with Crippen LogP contribution in [0.5, 0.6) is 0 Å². The van der Waals surface area contributed by atoms with E-state index in [-0.39, 0.29) is 0 Å². The fourth-order valence-corrected chi connectivity index (χ4v) is 8.41. The molecular weight excluding hydrogens is 627 g/mol. The maximum atomic E-state index is 3.74. The standard InChI is InChI=1S/C51H35N/c1-3-13-43(14-4-1)51(44-15-5-2-6-16-44)49-18-10-9-17-47(49)48-30-29-46(34-50(48)51)52-45-27-25-36(26-28-45)38-21-22-41-33-42(24-23-40(41)32-38)39-20-19-35-11-7-8-12-37(35)31-39/h1-34,52H. The van der Waals surface area contributed by atoms with Gasteiger partial charge in [0.2, 0.25) is 0 Å². The molecule has 1 aliphatic carbocycles. The van der Waals surface area contributed by atoms with E-state index in [1.54, 1.807) is 0 Å². The number of rotatable bonds is 6. The zero-order chi connectivity index (χ0) is 34.5. The second-order valence-electron chi connectivity index (χ2n) is 13.8. The minimum atomic E-state index is -0.414. The SMILES string of the molecule is c1ccc(C2(c3ccccc3)c3ccccc3-c3ccc(Nc4ccc(-c5ccc6cc(-c7ccc8ccccc8c7)ccc6c5)cc4)cc32)cc1. The van der Waals surface area contributed by atoms with Crippen LogP contribution in [0.1, 0.15) is 22.3 Å². The lowest BCUT2D eigenvalue weighted by molar-refractivity contribution is 0.769. The quantitative estimate of drug-likeness (QED) is 0.187. The first-order chi connectivity index (χ1) is 25.7. The van der Waals surface area contributed by atoms with Gasteiger partial charge in [0.1, 0.15) is 0 Å². The lowest BCUT2D eigenvalue weighted by atomic mass is 9.67. The van der Waals surface area contributed by atoms with Crippen molar-refractivity contribution in [3.05, 3.63) is 229 Å². The second-order valence-corrected chi connectivity index (χ2v) is 13.8. The average Bonchev–Trinajstić information content (AvgIpc) is 3.51. The summed E-state index contributed by atoms with van der Waals surface area (Å²) in [5, 5.41) is 8.76. The predicted octanol–water partition coefficient (Wildman–Crippen LogP) is 13.4. The topological polar surface area (TPSA) is 12.0 Å². The summed E-state index contributed by atoms with van der Waals surface area (Å²) < 4.78 is 0. The summed E-state index contributed by atoms with van der Waals surface area (Å²) >= 11 is 0. The molecule has 1 heteroatoms. The Morgan fingerprint density at radius 3 is 1.40 bits per heavy atom. The summed E-state index contributed by atoms with van der Waals surface area (Å²) in [6.45, 7) is 0. The molecule has 0 unspecified atom stereocenters. The van der Waals surface area contributed by atoms with Crippen LogP contribution in [-0.2, 0) is 5.41 Å². The molecule has 0 amide bonds. The minimum absolute atomic E-state index is 0.414. The van der Waals surface area contributed by atoms with Crippen molar-refractivity contribution in [3.8, 4) is 33.4 Å². The zero-order valence-electron chi connectivity index (χ0n) is 28.6. The molecule has 52 heavy (non-hydrogen) atoms. The monoisotopic (exact) mass is 661 g/mol. The zero-order valence-corrected chi connectivity index (χ0v) is 28.6. The molecule has 0 spiro atoms. The van der Waals surface area contributed by atoms with E-state index in [4.69, 9.17) is 0 Å². The maximum Gasteiger partial charge on any atom is 0.0714 e. The summed E-state index contributed by atoms with van der Waals surface area (Å²) in [6.07, 6.45) is 0. The van der Waals surface area contributed by atoms with Crippen LogP contribution < -0.4 is 5.32 Å². The molecule has 1 nitrogen and oxygen atoms in total. The molecular formula is C51H35N. The van der Waals surface area contributed by atoms with Gasteiger partial charge in [0.25, 0.3) is 0 Å². The Bertz CT molecular complexity index is 2700. The molecule has 0 atom stereocenters. The average molecular weight is 662 g/mol. The van der Waals surface area contributed by atoms with E-state index in [0.29, 0.717) is 0 Å². The summed E-state index contributed by atoms with van der Waals surface area (Å²) in [5.74, 6) is 0. The summed E-state index contributed by atoms with van der Waals surface area (Å²) in [4.78, 5) is 0. The molecule has 1 N–H and O–H groups in total. The van der Waals surface area contributed by atoms with Gasteiger partial charge in [0, 0.05) is 11.4 Å². The van der Waals surface area contributed by atoms with Crippen molar-refractivity contribution in [1.29, 1.82) is 0 Å². The van der Waals surface area contributed by atoms with Gasteiger partial charge in [0.05, 0.1) is 5.41 Å². The van der Waals surface area contributed by atoms with E-state index < -0.39 is 5.41 Å². The van der Waals surface area contributed by atoms with Crippen molar-refractivity contribution in [2.24, 2.45) is 0 Å². The van der Waals surface area contributed by atoms with Gasteiger partial charge >= 0.3 is 0 Å². The van der Waals surface area contributed by atoms with Crippen LogP contribution in [0.15, 0.2) is 206 Å². The minimum Gasteiger partial charge on any atom is -0.356 e. The molecule has 0 bridgehead atoms. The van der Waals surface area contributed by atoms with Gasteiger partial charge in [-0.15, -0.1) is 0 Å². The largest absolute Gasteiger partial charge is 0.356 e. The van der Waals surface area contributed by atoms with Crippen LogP contribution >= 0.6 is 0 Å². The fraction of sp³-hybridized carbons (Fsp3) is 0.0196. The first-order valence-electron chi connectivity index (χ1n) is 18.0. The normalized spacial score (nSPS) is 12.8. The van der Waals surface area contributed by atoms with Gasteiger partial charge in [-0.25, -0.2) is 0 Å². The highest BCUT2D eigenvalue weighted by atomic mass is 14.9. The number of nitrogens with one attached hydrogen (secondary N) is 1. The number of hydrogen-bond donors (Lipinski definition) is 1. The summed E-state index contributed by atoms with van der Waals surface area (Å²) in [5.41, 5.74) is 14.3. The lowest BCUT2D eigenvalue weighted by Gasteiger charge is -2.34. The third-order valence-electron chi connectivity index (χ3n) is 10.9. The third-order valence-corrected chi connectivity index (χ3v) is 10.9. The highest BCUT2D eigenvalue weighted by Crippen LogP contribution is 2.56. The molecule has 0 fully saturated rings. The number of anilines is 2. The van der Waals surface area contributed by atoms with Crippen molar-refractivity contribution in [2.75, 3.05) is 5.32 Å². The van der Waals surface area contributed by atoms with Gasteiger partial charge in [-0.3, -0.25) is 0 Å². The third kappa shape index (κ3) is 4.93. The van der Waals surface area contributed by atoms with E-state index >= 15 is 0 Å². The van der Waals surface area contributed by atoms with Crippen molar-refractivity contribution >= 4 is 32.9 Å². The van der Waals surface area contributed by atoms with Gasteiger partial charge < -0.3 is 5.32 Å². The fourth-order valence-electron chi connectivity index (χ4n) is 8.41. The Labute approximate surface area is 304 Å². The van der Waals surface area contributed by atoms with Crippen molar-refractivity contribution in [3.63, 3.8) is 0 Å². The predicted molar refractivity (Wildman–Crippen MR) is 219 cm³/mol. The second kappa shape index (κ2) is 12.3. The molecule has 244 valence electrons. The van der Waals surface area contributed by atoms with Crippen LogP contribution in [0.3, 0.4) is 0 Å². The molecule has 0 radical (unpaired) electrons. The summed E-state index contributed by atoms with van der Waals surface area (Å²) in [6, 6.07) is 75.3. The van der Waals surface area contributed by atoms with Crippen LogP contribution in [0, 0.1) is 0 Å². The van der Waals surface area contributed by atoms with E-state index in [1.165, 1.54) is 77.2 Å². The van der Waals surface area contributed by atoms with Crippen molar-refractivity contribution in [2.45, 2.75) is 5.41 Å². The van der Waals surface area contributed by atoms with E-state index in [0.717, 1.165) is 11.4 Å². The first-order valence-corrected chi connectivity index (χ1v) is 18.0. The van der Waals surface area contributed by atoms with E-state index in [9.17, 15) is 0 Å². The Balaban J connectivity index is 0.962. The molecule has 0 aliphatic heterocycles. The number of benzene rings is 9. The molecule has 9 aromatic rings. The highest BCUT2D eigenvalue weighted by molar-refractivity contribution is 5.93. The molecule has 0 saturated heterocycles. The van der Waals surface area contributed by atoms with Gasteiger partial charge in [0.15, 0.2) is 0 Å². The van der Waals surface area contributed by atoms with Crippen LogP contribution in [0.25, 0.3) is 54.9 Å².